The van der Waals surface area contributed by atoms with Gasteiger partial charge in [0.1, 0.15) is 17.3 Å². The molecule has 146 valence electrons. The molecule has 0 saturated heterocycles. The van der Waals surface area contributed by atoms with Crippen molar-refractivity contribution in [3.05, 3.63) is 90.0 Å². The topological polar surface area (TPSA) is 47.9 Å². The Morgan fingerprint density at radius 1 is 0.931 bits per heavy atom. The zero-order chi connectivity index (χ0) is 20.4. The SMILES string of the molecule is Fc1cc(Cc2nccc(C(F)(F)F)n2)ccc1Oc1cccc2cnccc12. The van der Waals surface area contributed by atoms with Crippen LogP contribution in [0.3, 0.4) is 0 Å². The fourth-order valence-electron chi connectivity index (χ4n) is 2.86. The zero-order valence-electron chi connectivity index (χ0n) is 14.8. The van der Waals surface area contributed by atoms with Crippen molar-refractivity contribution in [3.8, 4) is 11.5 Å². The molecule has 4 rings (SSSR count). The predicted molar refractivity (Wildman–Crippen MR) is 98.1 cm³/mol. The molecule has 0 spiro atoms. The van der Waals surface area contributed by atoms with Gasteiger partial charge in [-0.25, -0.2) is 14.4 Å². The lowest BCUT2D eigenvalue weighted by atomic mass is 10.1. The lowest BCUT2D eigenvalue weighted by Crippen LogP contribution is -2.10. The summed E-state index contributed by atoms with van der Waals surface area (Å²) in [6.07, 6.45) is -0.273. The number of halogens is 4. The molecule has 0 aliphatic rings. The van der Waals surface area contributed by atoms with Crippen LogP contribution in [0.25, 0.3) is 10.8 Å². The molecule has 2 aromatic heterocycles. The first kappa shape index (κ1) is 18.8. The maximum absolute atomic E-state index is 14.5. The van der Waals surface area contributed by atoms with Crippen LogP contribution in [0.1, 0.15) is 17.1 Å². The molecule has 2 aromatic carbocycles. The Balaban J connectivity index is 1.57. The summed E-state index contributed by atoms with van der Waals surface area (Å²) in [7, 11) is 0. The summed E-state index contributed by atoms with van der Waals surface area (Å²) in [6, 6.07) is 12.1. The van der Waals surface area contributed by atoms with E-state index in [2.05, 4.69) is 15.0 Å². The van der Waals surface area contributed by atoms with Crippen LogP contribution >= 0.6 is 0 Å². The summed E-state index contributed by atoms with van der Waals surface area (Å²) in [6.45, 7) is 0. The van der Waals surface area contributed by atoms with E-state index < -0.39 is 17.7 Å². The molecule has 8 heteroatoms. The Kier molecular flexibility index (Phi) is 4.84. The Morgan fingerprint density at radius 3 is 2.59 bits per heavy atom. The number of hydrogen-bond donors (Lipinski definition) is 0. The van der Waals surface area contributed by atoms with Gasteiger partial charge in [-0.2, -0.15) is 13.2 Å². The van der Waals surface area contributed by atoms with Crippen molar-refractivity contribution in [2.45, 2.75) is 12.6 Å². The molecule has 0 atom stereocenters. The van der Waals surface area contributed by atoms with Crippen LogP contribution in [0.4, 0.5) is 17.6 Å². The third kappa shape index (κ3) is 4.16. The monoisotopic (exact) mass is 399 g/mol. The molecule has 4 aromatic rings. The Bertz CT molecular complexity index is 1170. The lowest BCUT2D eigenvalue weighted by molar-refractivity contribution is -0.141. The number of nitrogens with zero attached hydrogens (tertiary/aromatic N) is 3. The predicted octanol–water partition coefficient (Wildman–Crippen LogP) is 5.57. The molecular formula is C21H13F4N3O. The fraction of sp³-hybridized carbons (Fsp3) is 0.0952. The second-order valence-corrected chi connectivity index (χ2v) is 6.25. The quantitative estimate of drug-likeness (QED) is 0.421. The summed E-state index contributed by atoms with van der Waals surface area (Å²) in [5.74, 6) is -0.212. The van der Waals surface area contributed by atoms with Gasteiger partial charge in [-0.1, -0.05) is 18.2 Å². The number of ether oxygens (including phenoxy) is 1. The summed E-state index contributed by atoms with van der Waals surface area (Å²) in [5, 5.41) is 1.63. The minimum Gasteiger partial charge on any atom is -0.454 e. The van der Waals surface area contributed by atoms with Crippen molar-refractivity contribution in [1.29, 1.82) is 0 Å². The first-order valence-electron chi connectivity index (χ1n) is 8.58. The number of hydrogen-bond acceptors (Lipinski definition) is 4. The molecule has 0 aliphatic heterocycles. The van der Waals surface area contributed by atoms with Crippen LogP contribution < -0.4 is 4.74 Å². The van der Waals surface area contributed by atoms with E-state index >= 15 is 0 Å². The molecule has 2 heterocycles. The maximum atomic E-state index is 14.5. The van der Waals surface area contributed by atoms with Gasteiger partial charge in [0.05, 0.1) is 0 Å². The van der Waals surface area contributed by atoms with Crippen LogP contribution in [0.2, 0.25) is 0 Å². The highest BCUT2D eigenvalue weighted by molar-refractivity contribution is 5.87. The summed E-state index contributed by atoms with van der Waals surface area (Å²) < 4.78 is 58.6. The van der Waals surface area contributed by atoms with Crippen molar-refractivity contribution in [2.24, 2.45) is 0 Å². The zero-order valence-corrected chi connectivity index (χ0v) is 14.8. The normalized spacial score (nSPS) is 11.6. The van der Waals surface area contributed by atoms with E-state index in [1.165, 1.54) is 12.1 Å². The maximum Gasteiger partial charge on any atom is 0.433 e. The molecule has 0 fully saturated rings. The average Bonchev–Trinajstić information content (AvgIpc) is 2.70. The smallest absolute Gasteiger partial charge is 0.433 e. The van der Waals surface area contributed by atoms with Crippen LogP contribution in [-0.4, -0.2) is 15.0 Å². The summed E-state index contributed by atoms with van der Waals surface area (Å²) in [4.78, 5) is 11.4. The van der Waals surface area contributed by atoms with E-state index in [4.69, 9.17) is 4.74 Å². The van der Waals surface area contributed by atoms with E-state index in [-0.39, 0.29) is 18.0 Å². The van der Waals surface area contributed by atoms with E-state index in [9.17, 15) is 17.6 Å². The lowest BCUT2D eigenvalue weighted by Gasteiger charge is -2.11. The highest BCUT2D eigenvalue weighted by Gasteiger charge is 2.32. The molecule has 0 aliphatic carbocycles. The molecule has 0 bridgehead atoms. The van der Waals surface area contributed by atoms with Gasteiger partial charge in [0.2, 0.25) is 0 Å². The number of rotatable bonds is 4. The van der Waals surface area contributed by atoms with Crippen molar-refractivity contribution in [2.75, 3.05) is 0 Å². The first-order chi connectivity index (χ1) is 13.9. The summed E-state index contributed by atoms with van der Waals surface area (Å²) in [5.41, 5.74) is -0.607. The van der Waals surface area contributed by atoms with Gasteiger partial charge in [0.15, 0.2) is 11.6 Å². The Labute approximate surface area is 162 Å². The van der Waals surface area contributed by atoms with Crippen molar-refractivity contribution >= 4 is 10.8 Å². The largest absolute Gasteiger partial charge is 0.454 e. The first-order valence-corrected chi connectivity index (χ1v) is 8.58. The van der Waals surface area contributed by atoms with Gasteiger partial charge < -0.3 is 4.74 Å². The molecule has 0 saturated carbocycles. The Hall–Kier alpha value is -3.55. The van der Waals surface area contributed by atoms with Crippen LogP contribution in [0.5, 0.6) is 11.5 Å². The van der Waals surface area contributed by atoms with Gasteiger partial charge in [0.25, 0.3) is 0 Å². The number of fused-ring (bicyclic) bond motifs is 1. The highest BCUT2D eigenvalue weighted by Crippen LogP contribution is 2.31. The number of alkyl halides is 3. The van der Waals surface area contributed by atoms with Gasteiger partial charge in [0, 0.05) is 35.8 Å². The number of aromatic nitrogens is 3. The second kappa shape index (κ2) is 7.46. The van der Waals surface area contributed by atoms with Crippen LogP contribution in [0, 0.1) is 5.82 Å². The van der Waals surface area contributed by atoms with Gasteiger partial charge >= 0.3 is 6.18 Å². The van der Waals surface area contributed by atoms with Gasteiger partial charge in [-0.3, -0.25) is 4.98 Å². The molecule has 4 nitrogen and oxygen atoms in total. The summed E-state index contributed by atoms with van der Waals surface area (Å²) >= 11 is 0. The minimum absolute atomic E-state index is 0.00280. The van der Waals surface area contributed by atoms with E-state index in [0.717, 1.165) is 23.0 Å². The third-order valence-electron chi connectivity index (χ3n) is 4.22. The molecule has 29 heavy (non-hydrogen) atoms. The standard InChI is InChI=1S/C21H13F4N3O/c22-16-10-13(11-20-27-9-7-19(28-20)21(23,24)25)4-5-18(16)29-17-3-1-2-14-12-26-8-6-15(14)17/h1-10,12H,11H2. The molecular weight excluding hydrogens is 386 g/mol. The molecule has 0 N–H and O–H groups in total. The van der Waals surface area contributed by atoms with Crippen LogP contribution in [0.15, 0.2) is 67.1 Å². The number of benzene rings is 2. The van der Waals surface area contributed by atoms with Crippen molar-refractivity contribution in [1.82, 2.24) is 15.0 Å². The van der Waals surface area contributed by atoms with Crippen LogP contribution in [-0.2, 0) is 12.6 Å². The second-order valence-electron chi connectivity index (χ2n) is 6.25. The molecule has 0 radical (unpaired) electrons. The van der Waals surface area contributed by atoms with E-state index in [0.29, 0.717) is 11.3 Å². The average molecular weight is 399 g/mol. The fourth-order valence-corrected chi connectivity index (χ4v) is 2.86. The third-order valence-corrected chi connectivity index (χ3v) is 4.22. The molecule has 0 unspecified atom stereocenters. The van der Waals surface area contributed by atoms with Crippen molar-refractivity contribution < 1.29 is 22.3 Å². The number of pyridine rings is 1. The highest BCUT2D eigenvalue weighted by atomic mass is 19.4. The van der Waals surface area contributed by atoms with Gasteiger partial charge in [-0.05, 0) is 35.9 Å². The van der Waals surface area contributed by atoms with Crippen molar-refractivity contribution in [3.63, 3.8) is 0 Å². The Morgan fingerprint density at radius 2 is 1.79 bits per heavy atom. The van der Waals surface area contributed by atoms with Gasteiger partial charge in [-0.15, -0.1) is 0 Å². The molecule has 0 amide bonds. The minimum atomic E-state index is -4.56. The van der Waals surface area contributed by atoms with E-state index in [1.807, 2.05) is 6.07 Å². The van der Waals surface area contributed by atoms with E-state index in [1.54, 1.807) is 36.7 Å².